The van der Waals surface area contributed by atoms with Crippen molar-refractivity contribution < 1.29 is 18.0 Å². The Labute approximate surface area is 188 Å². The van der Waals surface area contributed by atoms with Crippen LogP contribution in [-0.4, -0.2) is 73.6 Å². The van der Waals surface area contributed by atoms with Crippen molar-refractivity contribution in [2.24, 2.45) is 0 Å². The second-order valence-corrected chi connectivity index (χ2v) is 9.76. The molecule has 0 aliphatic carbocycles. The third-order valence-electron chi connectivity index (χ3n) is 5.37. The van der Waals surface area contributed by atoms with E-state index in [1.165, 1.54) is 29.2 Å². The fourth-order valence-corrected chi connectivity index (χ4v) is 4.83. The summed E-state index contributed by atoms with van der Waals surface area (Å²) in [6, 6.07) is 11.7. The Kier molecular flexibility index (Phi) is 7.35. The molecule has 0 N–H and O–H groups in total. The monoisotopic (exact) mass is 463 g/mol. The smallest absolute Gasteiger partial charge is 0.321 e. The van der Waals surface area contributed by atoms with Crippen molar-refractivity contribution in [2.75, 3.05) is 39.3 Å². The molecule has 0 aromatic heterocycles. The van der Waals surface area contributed by atoms with E-state index in [4.69, 9.17) is 11.6 Å². The summed E-state index contributed by atoms with van der Waals surface area (Å²) in [6.07, 6.45) is 0. The van der Waals surface area contributed by atoms with E-state index in [0.29, 0.717) is 35.5 Å². The van der Waals surface area contributed by atoms with Gasteiger partial charge in [-0.05, 0) is 49.9 Å². The molecular weight excluding hydrogens is 438 g/mol. The zero-order valence-corrected chi connectivity index (χ0v) is 19.2. The van der Waals surface area contributed by atoms with Crippen molar-refractivity contribution in [2.45, 2.75) is 18.7 Å². The summed E-state index contributed by atoms with van der Waals surface area (Å²) in [5, 5.41) is 0.463. The quantitative estimate of drug-likeness (QED) is 0.614. The third kappa shape index (κ3) is 5.44. The number of sulfonamides is 1. The maximum atomic E-state index is 13.4. The SMILES string of the molecule is CCN1CCN(C(=O)N(CC(=O)c2ccc(Cl)cc2)S(=O)(=O)c2ccc(C)cc2)CC1. The molecule has 0 saturated carbocycles. The predicted molar refractivity (Wildman–Crippen MR) is 120 cm³/mol. The molecule has 1 aliphatic heterocycles. The molecule has 2 aromatic rings. The van der Waals surface area contributed by atoms with E-state index in [1.54, 1.807) is 24.3 Å². The van der Waals surface area contributed by atoms with Gasteiger partial charge in [0.15, 0.2) is 5.78 Å². The van der Waals surface area contributed by atoms with Gasteiger partial charge in [0.2, 0.25) is 0 Å². The number of hydrogen-bond donors (Lipinski definition) is 0. The number of aryl methyl sites for hydroxylation is 1. The fourth-order valence-electron chi connectivity index (χ4n) is 3.36. The lowest BCUT2D eigenvalue weighted by atomic mass is 10.1. The Morgan fingerprint density at radius 1 is 0.968 bits per heavy atom. The minimum Gasteiger partial charge on any atom is -0.321 e. The molecule has 0 bridgehead atoms. The maximum absolute atomic E-state index is 13.4. The van der Waals surface area contributed by atoms with Crippen molar-refractivity contribution in [1.29, 1.82) is 0 Å². The average Bonchev–Trinajstić information content (AvgIpc) is 2.77. The lowest BCUT2D eigenvalue weighted by Crippen LogP contribution is -2.54. The van der Waals surface area contributed by atoms with Crippen LogP contribution >= 0.6 is 11.6 Å². The zero-order chi connectivity index (χ0) is 22.6. The minimum atomic E-state index is -4.22. The van der Waals surface area contributed by atoms with E-state index >= 15 is 0 Å². The predicted octanol–water partition coefficient (Wildman–Crippen LogP) is 3.28. The van der Waals surface area contributed by atoms with Gasteiger partial charge in [-0.25, -0.2) is 17.5 Å². The molecule has 1 saturated heterocycles. The van der Waals surface area contributed by atoms with Crippen molar-refractivity contribution in [3.63, 3.8) is 0 Å². The first-order valence-corrected chi connectivity index (χ1v) is 11.9. The second kappa shape index (κ2) is 9.80. The molecule has 0 atom stereocenters. The fraction of sp³-hybridized carbons (Fsp3) is 0.364. The van der Waals surface area contributed by atoms with Crippen LogP contribution in [0, 0.1) is 6.92 Å². The molecule has 31 heavy (non-hydrogen) atoms. The maximum Gasteiger partial charge on any atom is 0.334 e. The number of halogens is 1. The number of piperazine rings is 1. The number of likely N-dealkylation sites (N-methyl/N-ethyl adjacent to an activating group) is 1. The lowest BCUT2D eigenvalue weighted by Gasteiger charge is -2.36. The van der Waals surface area contributed by atoms with Gasteiger partial charge in [-0.15, -0.1) is 0 Å². The van der Waals surface area contributed by atoms with E-state index in [9.17, 15) is 18.0 Å². The first-order valence-electron chi connectivity index (χ1n) is 10.1. The van der Waals surface area contributed by atoms with Gasteiger partial charge in [0.25, 0.3) is 10.0 Å². The van der Waals surface area contributed by atoms with Crippen LogP contribution in [0.1, 0.15) is 22.8 Å². The molecular formula is C22H26ClN3O4S. The Balaban J connectivity index is 1.91. The molecule has 166 valence electrons. The molecule has 9 heteroatoms. The molecule has 1 fully saturated rings. The van der Waals surface area contributed by atoms with Gasteiger partial charge in [0.05, 0.1) is 4.90 Å². The van der Waals surface area contributed by atoms with Crippen LogP contribution in [0.4, 0.5) is 4.79 Å². The Morgan fingerprint density at radius 3 is 2.10 bits per heavy atom. The van der Waals surface area contributed by atoms with Crippen molar-refractivity contribution in [1.82, 2.24) is 14.1 Å². The van der Waals surface area contributed by atoms with Crippen molar-refractivity contribution in [3.05, 3.63) is 64.7 Å². The van der Waals surface area contributed by atoms with E-state index in [1.807, 2.05) is 13.8 Å². The average molecular weight is 464 g/mol. The highest BCUT2D eigenvalue weighted by Gasteiger charge is 2.35. The molecule has 1 heterocycles. The molecule has 0 spiro atoms. The van der Waals surface area contributed by atoms with Gasteiger partial charge < -0.3 is 9.80 Å². The summed E-state index contributed by atoms with van der Waals surface area (Å²) < 4.78 is 27.4. The zero-order valence-electron chi connectivity index (χ0n) is 17.6. The summed E-state index contributed by atoms with van der Waals surface area (Å²) in [6.45, 7) is 6.29. The van der Waals surface area contributed by atoms with Gasteiger partial charge in [0.1, 0.15) is 6.54 Å². The van der Waals surface area contributed by atoms with Crippen LogP contribution in [0.25, 0.3) is 0 Å². The topological polar surface area (TPSA) is 78.0 Å². The number of amides is 2. The van der Waals surface area contributed by atoms with Crippen LogP contribution in [0.15, 0.2) is 53.4 Å². The van der Waals surface area contributed by atoms with E-state index < -0.39 is 28.4 Å². The highest BCUT2D eigenvalue weighted by molar-refractivity contribution is 7.89. The normalized spacial score (nSPS) is 15.0. The first-order chi connectivity index (χ1) is 14.7. The Morgan fingerprint density at radius 2 is 1.55 bits per heavy atom. The second-order valence-electron chi connectivity index (χ2n) is 7.46. The van der Waals surface area contributed by atoms with Gasteiger partial charge in [0, 0.05) is 36.8 Å². The van der Waals surface area contributed by atoms with Crippen LogP contribution in [0.3, 0.4) is 0 Å². The summed E-state index contributed by atoms with van der Waals surface area (Å²) in [5.74, 6) is -0.479. The van der Waals surface area contributed by atoms with Crippen molar-refractivity contribution >= 4 is 33.4 Å². The number of carbonyl (C=O) groups is 2. The number of Topliss-reactive ketones (excluding diaryl/α,β-unsaturated/α-hetero) is 1. The summed E-state index contributed by atoms with van der Waals surface area (Å²) >= 11 is 5.88. The number of ketones is 1. The minimum absolute atomic E-state index is 0.0254. The van der Waals surface area contributed by atoms with Gasteiger partial charge in [-0.2, -0.15) is 0 Å². The van der Waals surface area contributed by atoms with Crippen molar-refractivity contribution in [3.8, 4) is 0 Å². The molecule has 2 amide bonds. The number of hydrogen-bond acceptors (Lipinski definition) is 5. The standard InChI is InChI=1S/C22H26ClN3O4S/c1-3-24-12-14-25(15-13-24)22(28)26(16-21(27)18-6-8-19(23)9-7-18)31(29,30)20-10-4-17(2)5-11-20/h4-11H,3,12-16H2,1-2H3. The third-order valence-corrected chi connectivity index (χ3v) is 7.35. The largest absolute Gasteiger partial charge is 0.334 e. The summed E-state index contributed by atoms with van der Waals surface area (Å²) in [4.78, 5) is 29.8. The highest BCUT2D eigenvalue weighted by atomic mass is 35.5. The molecule has 7 nitrogen and oxygen atoms in total. The van der Waals surface area contributed by atoms with E-state index in [0.717, 1.165) is 12.1 Å². The number of urea groups is 1. The summed E-state index contributed by atoms with van der Waals surface area (Å²) in [7, 11) is -4.22. The van der Waals surface area contributed by atoms with Gasteiger partial charge >= 0.3 is 6.03 Å². The van der Waals surface area contributed by atoms with E-state index in [-0.39, 0.29) is 10.5 Å². The number of carbonyl (C=O) groups excluding carboxylic acids is 2. The van der Waals surface area contributed by atoms with Crippen LogP contribution in [0.2, 0.25) is 5.02 Å². The lowest BCUT2D eigenvalue weighted by molar-refractivity contribution is 0.0945. The van der Waals surface area contributed by atoms with Crippen LogP contribution in [0.5, 0.6) is 0 Å². The molecule has 1 aliphatic rings. The number of benzene rings is 2. The Hall–Kier alpha value is -2.42. The van der Waals surface area contributed by atoms with Gasteiger partial charge in [-0.1, -0.05) is 36.2 Å². The van der Waals surface area contributed by atoms with E-state index in [2.05, 4.69) is 4.90 Å². The molecule has 0 radical (unpaired) electrons. The summed E-state index contributed by atoms with van der Waals surface area (Å²) in [5.41, 5.74) is 1.18. The molecule has 0 unspecified atom stereocenters. The molecule has 3 rings (SSSR count). The first kappa shape index (κ1) is 23.2. The molecule has 2 aromatic carbocycles. The number of nitrogens with zero attached hydrogens (tertiary/aromatic N) is 3. The van der Waals surface area contributed by atoms with Gasteiger partial charge in [-0.3, -0.25) is 4.79 Å². The van der Waals surface area contributed by atoms with Crippen LogP contribution in [-0.2, 0) is 10.0 Å². The Bertz CT molecular complexity index is 1030. The highest BCUT2D eigenvalue weighted by Crippen LogP contribution is 2.20. The number of rotatable bonds is 6. The van der Waals surface area contributed by atoms with Crippen LogP contribution < -0.4 is 0 Å².